The topological polar surface area (TPSA) is 54.6 Å². The number of carboxylic acid groups (broad SMARTS) is 1. The summed E-state index contributed by atoms with van der Waals surface area (Å²) in [4.78, 5) is 28.3. The Morgan fingerprint density at radius 3 is 1.59 bits per heavy atom. The number of aliphatic imine (C=N–C) groups is 1. The summed E-state index contributed by atoms with van der Waals surface area (Å²) in [7, 11) is 0. The third-order valence-electron chi connectivity index (χ3n) is 15.7. The maximum absolute atomic E-state index is 11.9. The van der Waals surface area contributed by atoms with Crippen molar-refractivity contribution in [3.05, 3.63) is 129 Å². The molecule has 0 unspecified atom stereocenters. The Labute approximate surface area is 464 Å². The summed E-state index contributed by atoms with van der Waals surface area (Å²) in [5.41, 5.74) is 12.8. The zero-order valence-electron chi connectivity index (χ0n) is 46.0. The molecule has 0 aliphatic carbocycles. The largest absolute Gasteiger partial charge is 0.478 e. The molecule has 1 aliphatic rings. The zero-order valence-corrected chi connectivity index (χ0v) is 49.2. The molecular weight excluding hydrogens is 993 g/mol. The number of carboxylic acids is 1. The fourth-order valence-corrected chi connectivity index (χ4v) is 16.5. The predicted molar refractivity (Wildman–Crippen MR) is 332 cm³/mol. The van der Waals surface area contributed by atoms with Crippen LogP contribution in [-0.4, -0.2) is 21.4 Å². The number of carbonyl (C=O) groups is 1. The first-order chi connectivity index (χ1) is 36.6. The Hall–Kier alpha value is -4.86. The molecule has 0 radical (unpaired) electrons. The lowest BCUT2D eigenvalue weighted by Gasteiger charge is -2.20. The van der Waals surface area contributed by atoms with Crippen molar-refractivity contribution in [1.29, 1.82) is 0 Å². The third-order valence-corrected chi connectivity index (χ3v) is 20.9. The van der Waals surface area contributed by atoms with Gasteiger partial charge in [-0.2, -0.15) is 0 Å². The van der Waals surface area contributed by atoms with Crippen LogP contribution in [0.1, 0.15) is 194 Å². The summed E-state index contributed by atoms with van der Waals surface area (Å²) in [6.45, 7) is 16.8. The maximum Gasteiger partial charge on any atom is 0.335 e. The molecule has 1 aliphatic heterocycles. The van der Waals surface area contributed by atoms with Gasteiger partial charge >= 0.3 is 5.97 Å². The Morgan fingerprint density at radius 2 is 1.04 bits per heavy atom. The van der Waals surface area contributed by atoms with E-state index in [2.05, 4.69) is 143 Å². The van der Waals surface area contributed by atoms with Crippen LogP contribution in [0.25, 0.3) is 67.6 Å². The van der Waals surface area contributed by atoms with Gasteiger partial charge in [0.2, 0.25) is 0 Å². The first-order valence-corrected chi connectivity index (χ1v) is 32.0. The average Bonchev–Trinajstić information content (AvgIpc) is 4.28. The molecule has 0 spiro atoms. The van der Waals surface area contributed by atoms with Crippen LogP contribution in [0.3, 0.4) is 0 Å². The number of rotatable bonds is 28. The highest BCUT2D eigenvalue weighted by atomic mass is 32.1. The molecule has 394 valence electrons. The summed E-state index contributed by atoms with van der Waals surface area (Å²) < 4.78 is 2.48. The van der Waals surface area contributed by atoms with Gasteiger partial charge in [0.05, 0.1) is 17.0 Å². The molecule has 4 nitrogen and oxygen atoms in total. The molecule has 8 aromatic rings. The van der Waals surface area contributed by atoms with Crippen LogP contribution in [0, 0.1) is 0 Å². The second kappa shape index (κ2) is 25.5. The van der Waals surface area contributed by atoms with Crippen molar-refractivity contribution in [3.8, 4) is 39.7 Å². The Balaban J connectivity index is 1.11. The fraction of sp³-hybridized carbons (Fsp3) is 0.433. The minimum Gasteiger partial charge on any atom is -0.478 e. The number of aryl methyl sites for hydroxylation is 5. The van der Waals surface area contributed by atoms with E-state index in [1.165, 1.54) is 191 Å². The monoisotopic (exact) mass is 1070 g/mol. The van der Waals surface area contributed by atoms with Crippen LogP contribution in [0.4, 0.5) is 5.69 Å². The molecule has 0 amide bonds. The van der Waals surface area contributed by atoms with Crippen molar-refractivity contribution in [2.24, 2.45) is 4.99 Å². The normalized spacial score (nSPS) is 13.3. The van der Waals surface area contributed by atoms with Gasteiger partial charge in [-0.05, 0) is 164 Å². The van der Waals surface area contributed by atoms with Gasteiger partial charge in [-0.1, -0.05) is 143 Å². The summed E-state index contributed by atoms with van der Waals surface area (Å²) >= 11 is 8.08. The molecule has 0 saturated heterocycles. The van der Waals surface area contributed by atoms with Crippen molar-refractivity contribution in [2.75, 3.05) is 0 Å². The van der Waals surface area contributed by atoms with Crippen molar-refractivity contribution in [3.63, 3.8) is 0 Å². The Bertz CT molecular complexity index is 3290. The number of hydrogen-bond acceptors (Lipinski definition) is 6. The predicted octanol–water partition coefficient (Wildman–Crippen LogP) is 22.0. The molecule has 0 saturated carbocycles. The molecule has 1 N–H and O–H groups in total. The van der Waals surface area contributed by atoms with Crippen molar-refractivity contribution in [2.45, 2.75) is 189 Å². The Kier molecular flexibility index (Phi) is 18.7. The van der Waals surface area contributed by atoms with E-state index in [0.717, 1.165) is 49.2 Å². The van der Waals surface area contributed by atoms with Gasteiger partial charge in [0.15, 0.2) is 0 Å². The van der Waals surface area contributed by atoms with Crippen LogP contribution < -0.4 is 0 Å². The number of fused-ring (bicyclic) bond motifs is 4. The first kappa shape index (κ1) is 54.9. The number of allylic oxidation sites excluding steroid dienone is 1. The van der Waals surface area contributed by atoms with Gasteiger partial charge in [-0.25, -0.2) is 4.79 Å². The summed E-state index contributed by atoms with van der Waals surface area (Å²) in [5.74, 6) is -0.904. The smallest absolute Gasteiger partial charge is 0.335 e. The molecule has 6 heterocycles. The highest BCUT2D eigenvalue weighted by molar-refractivity contribution is 7.29. The van der Waals surface area contributed by atoms with Gasteiger partial charge < -0.3 is 9.67 Å². The number of thiophene rings is 4. The fourth-order valence-electron chi connectivity index (χ4n) is 11.4. The molecule has 75 heavy (non-hydrogen) atoms. The quantitative estimate of drug-likeness (QED) is 0.0497. The van der Waals surface area contributed by atoms with E-state index in [0.29, 0.717) is 5.56 Å². The number of para-hydroxylation sites is 1. The molecule has 3 aromatic carbocycles. The molecule has 9 rings (SSSR count). The van der Waals surface area contributed by atoms with E-state index in [1.54, 1.807) is 12.1 Å². The zero-order chi connectivity index (χ0) is 52.5. The highest BCUT2D eigenvalue weighted by Gasteiger charge is 2.34. The van der Waals surface area contributed by atoms with E-state index in [4.69, 9.17) is 4.99 Å². The lowest BCUT2D eigenvalue weighted by molar-refractivity contribution is 0.0696. The summed E-state index contributed by atoms with van der Waals surface area (Å²) in [5, 5.41) is 12.5. The van der Waals surface area contributed by atoms with Crippen LogP contribution in [0.5, 0.6) is 0 Å². The second-order valence-electron chi connectivity index (χ2n) is 21.6. The van der Waals surface area contributed by atoms with Crippen LogP contribution in [-0.2, 0) is 37.6 Å². The molecule has 0 bridgehead atoms. The summed E-state index contributed by atoms with van der Waals surface area (Å²) in [6.07, 6.45) is 28.9. The van der Waals surface area contributed by atoms with Gasteiger partial charge in [-0.15, -0.1) is 45.3 Å². The molecule has 8 heteroatoms. The van der Waals surface area contributed by atoms with Crippen molar-refractivity contribution < 1.29 is 9.90 Å². The minimum atomic E-state index is -0.904. The number of unbranched alkanes of at least 4 members (excludes halogenated alkanes) is 12. The highest BCUT2D eigenvalue weighted by Crippen LogP contribution is 2.51. The maximum atomic E-state index is 11.9. The van der Waals surface area contributed by atoms with E-state index in [1.807, 2.05) is 40.1 Å². The average molecular weight is 1070 g/mol. The van der Waals surface area contributed by atoms with Gasteiger partial charge in [0.1, 0.15) is 0 Å². The standard InChI is InChI=1S/C67H80N2O2S4/c1-8-13-17-21-27-45-39-51(35-38-61-67(6,7)54-41-50(66(70)71)33-36-55(54)68-61)72-63(45)58-43-47(29-23-19-15-10-3)65(74-58)60-44-48(30-24-20-16-11-4)64(75-60)59-42-46(28-22-18-14-9-2)62(73-59)49-34-37-57-53(40-49)52-31-25-26-32-56(52)69(57)12-5/h25-26,31-44H,8-24,27-30H2,1-7H3,(H,70,71). The Morgan fingerprint density at radius 1 is 0.533 bits per heavy atom. The number of aromatic carboxylic acids is 1. The number of benzene rings is 3. The van der Waals surface area contributed by atoms with Crippen LogP contribution in [0.15, 0.2) is 96.0 Å². The van der Waals surface area contributed by atoms with Crippen molar-refractivity contribution in [1.82, 2.24) is 4.57 Å². The van der Waals surface area contributed by atoms with Gasteiger partial charge in [0.25, 0.3) is 0 Å². The van der Waals surface area contributed by atoms with E-state index < -0.39 is 11.4 Å². The molecule has 5 aromatic heterocycles. The van der Waals surface area contributed by atoms with Gasteiger partial charge in [0, 0.05) is 72.8 Å². The van der Waals surface area contributed by atoms with Crippen LogP contribution in [0.2, 0.25) is 0 Å². The van der Waals surface area contributed by atoms with Crippen molar-refractivity contribution >= 4 is 90.6 Å². The van der Waals surface area contributed by atoms with E-state index >= 15 is 0 Å². The third kappa shape index (κ3) is 12.3. The van der Waals surface area contributed by atoms with Crippen LogP contribution >= 0.6 is 45.3 Å². The minimum absolute atomic E-state index is 0.309. The number of nitrogens with zero attached hydrogens (tertiary/aromatic N) is 2. The molecule has 0 fully saturated rings. The van der Waals surface area contributed by atoms with E-state index in [9.17, 15) is 9.90 Å². The number of hydrogen-bond donors (Lipinski definition) is 1. The lowest BCUT2D eigenvalue weighted by Crippen LogP contribution is -2.24. The van der Waals surface area contributed by atoms with Gasteiger partial charge in [-0.3, -0.25) is 4.99 Å². The second-order valence-corrected chi connectivity index (χ2v) is 25.9. The molecule has 0 atom stereocenters. The SMILES string of the molecule is CCCCCCc1cc(-c2sc(-c3sc(-c4sc(C=CC5=Nc6ccc(C(=O)O)cc6C5(C)C)cc4CCCCCC)cc3CCCCCC)cc2CCCCCC)sc1-c1ccc2c(c1)c1ccccc1n2CC. The summed E-state index contributed by atoms with van der Waals surface area (Å²) in [6, 6.07) is 31.9. The van der Waals surface area contributed by atoms with E-state index in [-0.39, 0.29) is 0 Å². The number of aromatic nitrogens is 1. The lowest BCUT2D eigenvalue weighted by atomic mass is 9.81. The first-order valence-electron chi connectivity index (χ1n) is 28.7. The molecular formula is C67H80N2O2S4.